The summed E-state index contributed by atoms with van der Waals surface area (Å²) in [5.41, 5.74) is 9.57. The Morgan fingerprint density at radius 1 is 1.38 bits per heavy atom. The molecule has 0 heterocycles. The molecule has 0 saturated carbocycles. The number of aliphatic carboxylic acids is 1. The molecule has 1 amide bonds. The Kier molecular flexibility index (Phi) is 9.70. The van der Waals surface area contributed by atoms with Gasteiger partial charge in [0.2, 0.25) is 5.91 Å². The van der Waals surface area contributed by atoms with Crippen LogP contribution in [0.15, 0.2) is 0 Å². The summed E-state index contributed by atoms with van der Waals surface area (Å²) in [5, 5.41) is 8.10. The van der Waals surface area contributed by atoms with Crippen molar-refractivity contribution in [2.45, 2.75) is 27.3 Å². The third kappa shape index (κ3) is 18.6. The van der Waals surface area contributed by atoms with Crippen LogP contribution in [0, 0.1) is 0 Å². The Morgan fingerprint density at radius 3 is 1.77 bits per heavy atom. The van der Waals surface area contributed by atoms with Crippen molar-refractivity contribution in [1.82, 2.24) is 0 Å². The van der Waals surface area contributed by atoms with Gasteiger partial charge in [-0.3, -0.25) is 9.59 Å². The molecular weight excluding hydrogens is 279 g/mol. The number of carboxylic acids is 1. The number of amides is 1. The van der Waals surface area contributed by atoms with E-state index in [1.165, 1.54) is 0 Å². The molecule has 0 fully saturated rings. The zero-order valence-electron chi connectivity index (χ0n) is 8.20. The SMILES string of the molecule is NC(=O)C[C@H](N)C(=O)O.[CH3][Sn]([CH3])[CH3]. The van der Waals surface area contributed by atoms with Gasteiger partial charge >= 0.3 is 40.5 Å². The Balaban J connectivity index is 0. The molecule has 0 unspecified atom stereocenters. The van der Waals surface area contributed by atoms with Gasteiger partial charge in [-0.05, 0) is 0 Å². The van der Waals surface area contributed by atoms with Crippen LogP contribution in [-0.4, -0.2) is 42.8 Å². The molecule has 1 radical (unpaired) electrons. The van der Waals surface area contributed by atoms with Gasteiger partial charge < -0.3 is 16.6 Å². The van der Waals surface area contributed by atoms with Gasteiger partial charge in [0.25, 0.3) is 0 Å². The van der Waals surface area contributed by atoms with E-state index in [9.17, 15) is 9.59 Å². The van der Waals surface area contributed by atoms with Crippen molar-refractivity contribution in [3.05, 3.63) is 0 Å². The zero-order chi connectivity index (χ0) is 11.0. The van der Waals surface area contributed by atoms with E-state index >= 15 is 0 Å². The van der Waals surface area contributed by atoms with E-state index in [0.717, 1.165) is 0 Å². The second-order valence-corrected chi connectivity index (χ2v) is 11.7. The number of rotatable bonds is 3. The Bertz CT molecular complexity index is 170. The second-order valence-electron chi connectivity index (χ2n) is 3.12. The first kappa shape index (κ1) is 15.2. The molecule has 77 valence electrons. The number of carbonyl (C=O) groups is 2. The van der Waals surface area contributed by atoms with Gasteiger partial charge in [0, 0.05) is 0 Å². The summed E-state index contributed by atoms with van der Waals surface area (Å²) in [6.07, 6.45) is -0.310. The van der Waals surface area contributed by atoms with Gasteiger partial charge in [-0.1, -0.05) is 0 Å². The first-order valence-corrected chi connectivity index (χ1v) is 12.4. The minimum absolute atomic E-state index is 0.310. The molecule has 0 aromatic heterocycles. The fourth-order valence-electron chi connectivity index (χ4n) is 0.304. The van der Waals surface area contributed by atoms with Crippen molar-refractivity contribution in [3.63, 3.8) is 0 Å². The summed E-state index contributed by atoms with van der Waals surface area (Å²) in [5.74, 6) is -1.92. The Morgan fingerprint density at radius 2 is 1.69 bits per heavy atom. The molecule has 5 N–H and O–H groups in total. The van der Waals surface area contributed by atoms with Crippen LogP contribution >= 0.6 is 0 Å². The Hall–Kier alpha value is -0.301. The number of carbonyl (C=O) groups excluding carboxylic acids is 1. The predicted octanol–water partition coefficient (Wildman–Crippen LogP) is -0.356. The number of carboxylic acid groups (broad SMARTS) is 1. The first-order valence-electron chi connectivity index (χ1n) is 3.80. The third-order valence-electron chi connectivity index (χ3n) is 0.738. The maximum atomic E-state index is 9.99. The quantitative estimate of drug-likeness (QED) is 0.618. The van der Waals surface area contributed by atoms with Gasteiger partial charge in [0.1, 0.15) is 6.04 Å². The molecule has 0 spiro atoms. The molecular formula is C7H17N2O3Sn. The van der Waals surface area contributed by atoms with Crippen LogP contribution in [-0.2, 0) is 9.59 Å². The molecule has 0 rings (SSSR count). The zero-order valence-corrected chi connectivity index (χ0v) is 11.1. The summed E-state index contributed by atoms with van der Waals surface area (Å²) in [6.45, 7) is 0. The van der Waals surface area contributed by atoms with E-state index in [-0.39, 0.29) is 6.42 Å². The van der Waals surface area contributed by atoms with Crippen molar-refractivity contribution < 1.29 is 14.7 Å². The summed E-state index contributed by atoms with van der Waals surface area (Å²) < 4.78 is 0. The van der Waals surface area contributed by atoms with Gasteiger partial charge in [-0.2, -0.15) is 0 Å². The third-order valence-corrected chi connectivity index (χ3v) is 0.738. The van der Waals surface area contributed by atoms with E-state index in [0.29, 0.717) is 0 Å². The first-order chi connectivity index (χ1) is 5.77. The molecule has 0 aliphatic carbocycles. The number of hydrogen-bond acceptors (Lipinski definition) is 3. The summed E-state index contributed by atoms with van der Waals surface area (Å²) in [6, 6.07) is -1.16. The fraction of sp³-hybridized carbons (Fsp3) is 0.714. The number of primary amides is 1. The molecule has 1 atom stereocenters. The van der Waals surface area contributed by atoms with Crippen molar-refractivity contribution in [1.29, 1.82) is 0 Å². The average Bonchev–Trinajstić information content (AvgIpc) is 1.83. The maximum absolute atomic E-state index is 9.99. The van der Waals surface area contributed by atoms with Crippen LogP contribution in [0.5, 0.6) is 0 Å². The topological polar surface area (TPSA) is 106 Å². The molecule has 0 saturated heterocycles. The predicted molar refractivity (Wildman–Crippen MR) is 52.8 cm³/mol. The summed E-state index contributed by atoms with van der Waals surface area (Å²) in [7, 11) is 0. The summed E-state index contributed by atoms with van der Waals surface area (Å²) >= 11 is -0.543. The molecule has 6 heteroatoms. The second kappa shape index (κ2) is 8.30. The van der Waals surface area contributed by atoms with Gasteiger partial charge in [-0.25, -0.2) is 0 Å². The van der Waals surface area contributed by atoms with Crippen molar-refractivity contribution in [2.75, 3.05) is 0 Å². The molecule has 0 aliphatic rings. The van der Waals surface area contributed by atoms with Crippen molar-refractivity contribution >= 4 is 31.6 Å². The van der Waals surface area contributed by atoms with E-state index in [1.54, 1.807) is 0 Å². The van der Waals surface area contributed by atoms with E-state index in [1.807, 2.05) is 0 Å². The fourth-order valence-corrected chi connectivity index (χ4v) is 0.304. The van der Waals surface area contributed by atoms with E-state index in [4.69, 9.17) is 10.8 Å². The monoisotopic (exact) mass is 297 g/mol. The van der Waals surface area contributed by atoms with E-state index in [2.05, 4.69) is 20.6 Å². The standard InChI is InChI=1S/C4H8N2O3.3CH3.Sn/c5-2(4(8)9)1-3(6)7;;;;/h2H,1,5H2,(H2,6,7)(H,8,9);3*1H3;/t2-;;;;/m0..../s1. The van der Waals surface area contributed by atoms with Crippen LogP contribution in [0.1, 0.15) is 6.42 Å². The van der Waals surface area contributed by atoms with Crippen molar-refractivity contribution in [3.8, 4) is 0 Å². The van der Waals surface area contributed by atoms with Gasteiger partial charge in [-0.15, -0.1) is 0 Å². The molecule has 0 aromatic carbocycles. The molecule has 0 bridgehead atoms. The molecule has 0 aromatic rings. The normalized spacial score (nSPS) is 11.5. The molecule has 0 aliphatic heterocycles. The molecule has 5 nitrogen and oxygen atoms in total. The average molecular weight is 296 g/mol. The Labute approximate surface area is 85.2 Å². The number of nitrogens with two attached hydrogens (primary N) is 2. The van der Waals surface area contributed by atoms with Gasteiger partial charge in [0.05, 0.1) is 6.42 Å². The van der Waals surface area contributed by atoms with Crippen LogP contribution in [0.4, 0.5) is 0 Å². The molecule has 13 heavy (non-hydrogen) atoms. The van der Waals surface area contributed by atoms with E-state index < -0.39 is 37.7 Å². The van der Waals surface area contributed by atoms with Gasteiger partial charge in [0.15, 0.2) is 0 Å². The van der Waals surface area contributed by atoms with Crippen molar-refractivity contribution in [2.24, 2.45) is 11.5 Å². The summed E-state index contributed by atoms with van der Waals surface area (Å²) in [4.78, 5) is 27.0. The number of hydrogen-bond donors (Lipinski definition) is 3. The van der Waals surface area contributed by atoms with Crippen LogP contribution < -0.4 is 11.5 Å². The van der Waals surface area contributed by atoms with Crippen LogP contribution in [0.3, 0.4) is 0 Å². The van der Waals surface area contributed by atoms with Crippen LogP contribution in [0.25, 0.3) is 0 Å². The van der Waals surface area contributed by atoms with Crippen LogP contribution in [0.2, 0.25) is 14.8 Å². The minimum atomic E-state index is -1.21.